The molecule has 0 saturated carbocycles. The Kier molecular flexibility index (Phi) is 2.83. The van der Waals surface area contributed by atoms with Crippen LogP contribution in [0.25, 0.3) is 5.65 Å². The average Bonchev–Trinajstić information content (AvgIpc) is 2.97. The molecule has 1 saturated heterocycles. The zero-order valence-corrected chi connectivity index (χ0v) is 10.4. The Balaban J connectivity index is 1.94. The molecule has 1 atom stereocenters. The molecule has 0 radical (unpaired) electrons. The number of carbonyl (C=O) groups excluding carboxylic acids is 1. The topological polar surface area (TPSA) is 50.5 Å². The molecule has 0 aliphatic carbocycles. The van der Waals surface area contributed by atoms with Crippen molar-refractivity contribution < 1.29 is 4.79 Å². The molecule has 5 nitrogen and oxygen atoms in total. The first-order valence-corrected chi connectivity index (χ1v) is 6.24. The van der Waals surface area contributed by atoms with Gasteiger partial charge < -0.3 is 4.90 Å². The van der Waals surface area contributed by atoms with Crippen LogP contribution in [0.5, 0.6) is 0 Å². The van der Waals surface area contributed by atoms with Gasteiger partial charge in [0.25, 0.3) is 0 Å². The molecule has 0 amide bonds. The highest BCUT2D eigenvalue weighted by Gasteiger charge is 2.22. The van der Waals surface area contributed by atoms with Gasteiger partial charge in [-0.2, -0.15) is 0 Å². The molecular formula is C13H16N4O. The first-order chi connectivity index (χ1) is 8.78. The molecule has 1 aliphatic rings. The number of aldehydes is 1. The Morgan fingerprint density at radius 3 is 3.06 bits per heavy atom. The molecule has 0 spiro atoms. The minimum atomic E-state index is 0.613. The summed E-state index contributed by atoms with van der Waals surface area (Å²) in [5.41, 5.74) is 1.37. The molecule has 1 unspecified atom stereocenters. The van der Waals surface area contributed by atoms with Gasteiger partial charge in [0.05, 0.1) is 5.69 Å². The van der Waals surface area contributed by atoms with E-state index in [1.165, 1.54) is 6.42 Å². The van der Waals surface area contributed by atoms with Gasteiger partial charge in [0.15, 0.2) is 11.9 Å². The maximum Gasteiger partial charge on any atom is 0.166 e. The first-order valence-electron chi connectivity index (χ1n) is 6.24. The lowest BCUT2D eigenvalue weighted by atomic mass is 10.0. The summed E-state index contributed by atoms with van der Waals surface area (Å²) in [6, 6.07) is 5.51. The van der Waals surface area contributed by atoms with Crippen molar-refractivity contribution in [2.45, 2.75) is 12.8 Å². The number of fused-ring (bicyclic) bond motifs is 1. The van der Waals surface area contributed by atoms with E-state index < -0.39 is 0 Å². The second kappa shape index (κ2) is 4.49. The largest absolute Gasteiger partial charge is 0.306 e. The smallest absolute Gasteiger partial charge is 0.166 e. The molecule has 2 aromatic rings. The number of likely N-dealkylation sites (tertiary alicyclic amines) is 1. The minimum absolute atomic E-state index is 0.613. The van der Waals surface area contributed by atoms with Crippen LogP contribution in [0.1, 0.15) is 22.7 Å². The Morgan fingerprint density at radius 2 is 2.33 bits per heavy atom. The zero-order valence-electron chi connectivity index (χ0n) is 10.4. The summed E-state index contributed by atoms with van der Waals surface area (Å²) in [6.07, 6.45) is 2.94. The molecule has 94 valence electrons. The van der Waals surface area contributed by atoms with Crippen LogP contribution in [0.4, 0.5) is 0 Å². The molecule has 3 heterocycles. The second-order valence-electron chi connectivity index (χ2n) is 5.00. The summed E-state index contributed by atoms with van der Waals surface area (Å²) in [7, 11) is 2.14. The average molecular weight is 244 g/mol. The number of hydrogen-bond acceptors (Lipinski definition) is 4. The first kappa shape index (κ1) is 11.3. The summed E-state index contributed by atoms with van der Waals surface area (Å²) in [5.74, 6) is 1.51. The molecule has 2 aromatic heterocycles. The highest BCUT2D eigenvalue weighted by atomic mass is 16.1. The fourth-order valence-corrected chi connectivity index (χ4v) is 2.70. The summed E-state index contributed by atoms with van der Waals surface area (Å²) < 4.78 is 1.87. The van der Waals surface area contributed by atoms with Gasteiger partial charge in [-0.1, -0.05) is 6.07 Å². The van der Waals surface area contributed by atoms with Crippen LogP contribution >= 0.6 is 0 Å². The summed E-state index contributed by atoms with van der Waals surface area (Å²) in [6.45, 7) is 2.24. The van der Waals surface area contributed by atoms with E-state index in [-0.39, 0.29) is 0 Å². The van der Waals surface area contributed by atoms with Crippen molar-refractivity contribution in [3.8, 4) is 0 Å². The van der Waals surface area contributed by atoms with E-state index in [0.29, 0.717) is 11.6 Å². The van der Waals surface area contributed by atoms with E-state index in [0.717, 1.165) is 37.3 Å². The molecule has 0 N–H and O–H groups in total. The van der Waals surface area contributed by atoms with Crippen LogP contribution in [0.15, 0.2) is 18.2 Å². The number of carbonyl (C=O) groups is 1. The number of hydrogen-bond donors (Lipinski definition) is 0. The van der Waals surface area contributed by atoms with Crippen LogP contribution in [0.3, 0.4) is 0 Å². The molecular weight excluding hydrogens is 228 g/mol. The predicted molar refractivity (Wildman–Crippen MR) is 67.7 cm³/mol. The maximum absolute atomic E-state index is 11.1. The van der Waals surface area contributed by atoms with E-state index >= 15 is 0 Å². The normalized spacial score (nSPS) is 20.6. The van der Waals surface area contributed by atoms with E-state index in [9.17, 15) is 4.79 Å². The third-order valence-corrected chi connectivity index (χ3v) is 3.61. The van der Waals surface area contributed by atoms with Gasteiger partial charge in [-0.3, -0.25) is 9.20 Å². The fourth-order valence-electron chi connectivity index (χ4n) is 2.70. The third-order valence-electron chi connectivity index (χ3n) is 3.61. The maximum atomic E-state index is 11.1. The van der Waals surface area contributed by atoms with Crippen molar-refractivity contribution in [1.82, 2.24) is 19.5 Å². The molecule has 0 aromatic carbocycles. The Bertz CT molecular complexity index is 577. The fraction of sp³-hybridized carbons (Fsp3) is 0.462. The van der Waals surface area contributed by atoms with Crippen molar-refractivity contribution >= 4 is 11.9 Å². The van der Waals surface area contributed by atoms with Gasteiger partial charge in [-0.25, -0.2) is 0 Å². The monoisotopic (exact) mass is 244 g/mol. The summed E-state index contributed by atoms with van der Waals surface area (Å²) in [5, 5.41) is 8.36. The third kappa shape index (κ3) is 1.90. The minimum Gasteiger partial charge on any atom is -0.306 e. The van der Waals surface area contributed by atoms with Crippen LogP contribution in [0.2, 0.25) is 0 Å². The number of aromatic nitrogens is 3. The lowest BCUT2D eigenvalue weighted by molar-refractivity contribution is 0.111. The van der Waals surface area contributed by atoms with Crippen LogP contribution in [-0.2, 0) is 6.42 Å². The standard InChI is InChI=1S/C13H16N4O/c1-16-6-5-10(8-16)7-13-15-14-12-4-2-3-11(9-18)17(12)13/h2-4,9-10H,5-8H2,1H3. The van der Waals surface area contributed by atoms with E-state index in [2.05, 4.69) is 22.1 Å². The molecule has 0 bridgehead atoms. The van der Waals surface area contributed by atoms with Crippen LogP contribution < -0.4 is 0 Å². The molecule has 5 heteroatoms. The number of rotatable bonds is 3. The van der Waals surface area contributed by atoms with Gasteiger partial charge in [0.2, 0.25) is 0 Å². The van der Waals surface area contributed by atoms with Crippen LogP contribution in [0, 0.1) is 5.92 Å². The molecule has 3 rings (SSSR count). The predicted octanol–water partition coefficient (Wildman–Crippen LogP) is 1.04. The van der Waals surface area contributed by atoms with Gasteiger partial charge >= 0.3 is 0 Å². The Labute approximate surface area is 105 Å². The van der Waals surface area contributed by atoms with Crippen LogP contribution in [-0.4, -0.2) is 45.9 Å². The lowest BCUT2D eigenvalue weighted by Crippen LogP contribution is -2.16. The van der Waals surface area contributed by atoms with Crippen molar-refractivity contribution in [3.05, 3.63) is 29.7 Å². The Hall–Kier alpha value is -1.75. The van der Waals surface area contributed by atoms with Gasteiger partial charge in [0, 0.05) is 13.0 Å². The van der Waals surface area contributed by atoms with E-state index in [1.54, 1.807) is 6.07 Å². The zero-order chi connectivity index (χ0) is 12.5. The molecule has 1 aliphatic heterocycles. The van der Waals surface area contributed by atoms with Crippen molar-refractivity contribution in [2.24, 2.45) is 5.92 Å². The lowest BCUT2D eigenvalue weighted by Gasteiger charge is -2.09. The molecule has 1 fully saturated rings. The van der Waals surface area contributed by atoms with Crippen molar-refractivity contribution in [3.63, 3.8) is 0 Å². The van der Waals surface area contributed by atoms with Crippen molar-refractivity contribution in [2.75, 3.05) is 20.1 Å². The van der Waals surface area contributed by atoms with Gasteiger partial charge in [-0.05, 0) is 38.1 Å². The summed E-state index contributed by atoms with van der Waals surface area (Å²) in [4.78, 5) is 13.4. The highest BCUT2D eigenvalue weighted by molar-refractivity contribution is 5.73. The number of pyridine rings is 1. The van der Waals surface area contributed by atoms with E-state index in [4.69, 9.17) is 0 Å². The quantitative estimate of drug-likeness (QED) is 0.757. The van der Waals surface area contributed by atoms with Crippen molar-refractivity contribution in [1.29, 1.82) is 0 Å². The molecule has 18 heavy (non-hydrogen) atoms. The van der Waals surface area contributed by atoms with E-state index in [1.807, 2.05) is 16.5 Å². The number of nitrogens with zero attached hydrogens (tertiary/aromatic N) is 4. The highest BCUT2D eigenvalue weighted by Crippen LogP contribution is 2.19. The SMILES string of the molecule is CN1CCC(Cc2nnc3cccc(C=O)n23)C1. The Morgan fingerprint density at radius 1 is 1.44 bits per heavy atom. The second-order valence-corrected chi connectivity index (χ2v) is 5.00. The van der Waals surface area contributed by atoms with Gasteiger partial charge in [-0.15, -0.1) is 10.2 Å². The summed E-state index contributed by atoms with van der Waals surface area (Å²) >= 11 is 0. The van der Waals surface area contributed by atoms with Gasteiger partial charge in [0.1, 0.15) is 5.82 Å².